The number of carbonyl (C=O) groups is 3. The van der Waals surface area contributed by atoms with Crippen molar-refractivity contribution in [1.82, 2.24) is 10.6 Å². The predicted octanol–water partition coefficient (Wildman–Crippen LogP) is 2.13. The third-order valence-electron chi connectivity index (χ3n) is 3.39. The Morgan fingerprint density at radius 1 is 1.07 bits per heavy atom. The molecule has 0 heterocycles. The number of carbonyl (C=O) groups excluding carboxylic acids is 3. The molecule has 2 N–H and O–H groups in total. The normalized spacial score (nSPS) is 10.6. The summed E-state index contributed by atoms with van der Waals surface area (Å²) in [4.78, 5) is 34.8. The summed E-state index contributed by atoms with van der Waals surface area (Å²) in [5, 5.41) is 4.64. The zero-order valence-electron chi connectivity index (χ0n) is 16.0. The van der Waals surface area contributed by atoms with E-state index < -0.39 is 24.5 Å². The van der Waals surface area contributed by atoms with Crippen molar-refractivity contribution in [2.75, 3.05) is 27.4 Å². The summed E-state index contributed by atoms with van der Waals surface area (Å²) in [6, 6.07) is 4.50. The van der Waals surface area contributed by atoms with E-state index in [-0.39, 0.29) is 0 Å². The topological polar surface area (TPSA) is 103 Å². The van der Waals surface area contributed by atoms with E-state index in [1.165, 1.54) is 26.4 Å². The number of rotatable bonds is 9. The Hall–Kier alpha value is -3.03. The van der Waals surface area contributed by atoms with E-state index in [1.807, 2.05) is 13.8 Å². The van der Waals surface area contributed by atoms with Gasteiger partial charge in [0.2, 0.25) is 0 Å². The molecule has 0 radical (unpaired) electrons. The van der Waals surface area contributed by atoms with Crippen LogP contribution in [-0.4, -0.2) is 45.3 Å². The number of hydrogen-bond acceptors (Lipinski definition) is 6. The molecule has 8 heteroatoms. The van der Waals surface area contributed by atoms with Crippen molar-refractivity contribution >= 4 is 24.0 Å². The van der Waals surface area contributed by atoms with Gasteiger partial charge in [-0.3, -0.25) is 10.1 Å². The maximum atomic E-state index is 11.7. The molecule has 0 unspecified atom stereocenters. The summed E-state index contributed by atoms with van der Waals surface area (Å²) in [5.74, 6) is 0.169. The average molecular weight is 378 g/mol. The first-order valence-electron chi connectivity index (χ1n) is 8.49. The molecule has 0 saturated carbocycles. The number of benzene rings is 1. The highest BCUT2D eigenvalue weighted by Crippen LogP contribution is 2.23. The molecule has 0 saturated heterocycles. The minimum absolute atomic E-state index is 0.443. The van der Waals surface area contributed by atoms with Crippen LogP contribution >= 0.6 is 0 Å². The summed E-state index contributed by atoms with van der Waals surface area (Å²) in [7, 11) is 3.04. The molecule has 0 aliphatic rings. The second-order valence-corrected chi connectivity index (χ2v) is 6.07. The maximum Gasteiger partial charge on any atom is 0.331 e. The fourth-order valence-electron chi connectivity index (χ4n) is 1.96. The zero-order chi connectivity index (χ0) is 20.2. The second-order valence-electron chi connectivity index (χ2n) is 6.07. The Morgan fingerprint density at radius 2 is 1.70 bits per heavy atom. The molecule has 0 aromatic heterocycles. The number of nitrogens with one attached hydrogen (secondary N) is 2. The summed E-state index contributed by atoms with van der Waals surface area (Å²) in [5.41, 5.74) is 0.664. The van der Waals surface area contributed by atoms with E-state index >= 15 is 0 Å². The van der Waals surface area contributed by atoms with Crippen molar-refractivity contribution in [3.8, 4) is 11.5 Å². The first-order valence-corrected chi connectivity index (χ1v) is 8.49. The second kappa shape index (κ2) is 11.6. The van der Waals surface area contributed by atoms with Crippen LogP contribution in [0.4, 0.5) is 4.79 Å². The smallest absolute Gasteiger partial charge is 0.331 e. The van der Waals surface area contributed by atoms with Gasteiger partial charge in [-0.2, -0.15) is 0 Å². The SMILES string of the molecule is COc1cc(/C=C/C(=O)OCC(=O)NC(=O)NCCC(C)C)cc(OC)c1. The van der Waals surface area contributed by atoms with Gasteiger partial charge >= 0.3 is 12.0 Å². The van der Waals surface area contributed by atoms with Gasteiger partial charge in [-0.05, 0) is 36.1 Å². The van der Waals surface area contributed by atoms with Crippen LogP contribution in [0.2, 0.25) is 0 Å². The van der Waals surface area contributed by atoms with Gasteiger partial charge in [0.05, 0.1) is 14.2 Å². The maximum absolute atomic E-state index is 11.7. The van der Waals surface area contributed by atoms with Crippen molar-refractivity contribution in [2.45, 2.75) is 20.3 Å². The van der Waals surface area contributed by atoms with Crippen molar-refractivity contribution in [1.29, 1.82) is 0 Å². The number of urea groups is 1. The van der Waals surface area contributed by atoms with Crippen LogP contribution in [-0.2, 0) is 14.3 Å². The lowest BCUT2D eigenvalue weighted by atomic mass is 10.1. The molecule has 8 nitrogen and oxygen atoms in total. The largest absolute Gasteiger partial charge is 0.497 e. The molecule has 0 bridgehead atoms. The van der Waals surface area contributed by atoms with Crippen molar-refractivity contribution in [2.24, 2.45) is 5.92 Å². The van der Waals surface area contributed by atoms with Gasteiger partial charge in [-0.25, -0.2) is 9.59 Å². The summed E-state index contributed by atoms with van der Waals surface area (Å²) >= 11 is 0. The van der Waals surface area contributed by atoms with Crippen LogP contribution in [0.1, 0.15) is 25.8 Å². The lowest BCUT2D eigenvalue weighted by Gasteiger charge is -2.08. The average Bonchev–Trinajstić information content (AvgIpc) is 2.63. The van der Waals surface area contributed by atoms with Crippen LogP contribution in [0.3, 0.4) is 0 Å². The highest BCUT2D eigenvalue weighted by Gasteiger charge is 2.09. The first kappa shape index (κ1) is 22.0. The molecule has 0 spiro atoms. The van der Waals surface area contributed by atoms with Crippen molar-refractivity contribution < 1.29 is 28.6 Å². The highest BCUT2D eigenvalue weighted by molar-refractivity contribution is 5.96. The standard InChI is InChI=1S/C19H26N2O6/c1-13(2)7-8-20-19(24)21-17(22)12-27-18(23)6-5-14-9-15(25-3)11-16(10-14)26-4/h5-6,9-11,13H,7-8,12H2,1-4H3,(H2,20,21,22,24)/b6-5+. The molecule has 1 rings (SSSR count). The molecule has 27 heavy (non-hydrogen) atoms. The minimum Gasteiger partial charge on any atom is -0.497 e. The van der Waals surface area contributed by atoms with Gasteiger partial charge in [-0.1, -0.05) is 13.8 Å². The lowest BCUT2D eigenvalue weighted by molar-refractivity contribution is -0.143. The van der Waals surface area contributed by atoms with E-state index in [0.717, 1.165) is 6.42 Å². The molecular formula is C19H26N2O6. The Balaban J connectivity index is 2.43. The highest BCUT2D eigenvalue weighted by atomic mass is 16.5. The number of methoxy groups -OCH3 is 2. The van der Waals surface area contributed by atoms with E-state index in [9.17, 15) is 14.4 Å². The molecule has 0 fully saturated rings. The predicted molar refractivity (Wildman–Crippen MR) is 101 cm³/mol. The molecule has 1 aromatic rings. The Kier molecular flexibility index (Phi) is 9.42. The molecule has 0 aliphatic carbocycles. The fraction of sp³-hybridized carbons (Fsp3) is 0.421. The monoisotopic (exact) mass is 378 g/mol. The molecule has 1 aromatic carbocycles. The van der Waals surface area contributed by atoms with E-state index in [4.69, 9.17) is 14.2 Å². The Bertz CT molecular complexity index is 663. The minimum atomic E-state index is -0.716. The zero-order valence-corrected chi connectivity index (χ0v) is 16.0. The number of ether oxygens (including phenoxy) is 3. The quantitative estimate of drug-likeness (QED) is 0.504. The van der Waals surface area contributed by atoms with Crippen LogP contribution in [0, 0.1) is 5.92 Å². The van der Waals surface area contributed by atoms with Gasteiger partial charge in [0, 0.05) is 18.7 Å². The number of esters is 1. The van der Waals surface area contributed by atoms with Gasteiger partial charge in [0.15, 0.2) is 6.61 Å². The Labute approximate surface area is 158 Å². The van der Waals surface area contributed by atoms with Gasteiger partial charge < -0.3 is 19.5 Å². The molecule has 148 valence electrons. The van der Waals surface area contributed by atoms with E-state index in [1.54, 1.807) is 18.2 Å². The lowest BCUT2D eigenvalue weighted by Crippen LogP contribution is -2.41. The number of amides is 3. The van der Waals surface area contributed by atoms with Gasteiger partial charge in [0.25, 0.3) is 5.91 Å². The third-order valence-corrected chi connectivity index (χ3v) is 3.39. The molecular weight excluding hydrogens is 352 g/mol. The number of imide groups is 1. The van der Waals surface area contributed by atoms with E-state index in [2.05, 4.69) is 10.6 Å². The summed E-state index contributed by atoms with van der Waals surface area (Å²) < 4.78 is 15.1. The molecule has 3 amide bonds. The first-order chi connectivity index (χ1) is 12.8. The van der Waals surface area contributed by atoms with Gasteiger partial charge in [0.1, 0.15) is 11.5 Å². The van der Waals surface area contributed by atoms with Crippen LogP contribution in [0.25, 0.3) is 6.08 Å². The van der Waals surface area contributed by atoms with Crippen LogP contribution in [0.5, 0.6) is 11.5 Å². The fourth-order valence-corrected chi connectivity index (χ4v) is 1.96. The van der Waals surface area contributed by atoms with Crippen LogP contribution < -0.4 is 20.1 Å². The Morgan fingerprint density at radius 3 is 2.26 bits per heavy atom. The molecule has 0 aliphatic heterocycles. The number of hydrogen-bond donors (Lipinski definition) is 2. The summed E-state index contributed by atoms with van der Waals surface area (Å²) in [6.45, 7) is 3.96. The van der Waals surface area contributed by atoms with Gasteiger partial charge in [-0.15, -0.1) is 0 Å². The summed E-state index contributed by atoms with van der Waals surface area (Å²) in [6.07, 6.45) is 3.48. The molecule has 0 atom stereocenters. The van der Waals surface area contributed by atoms with Crippen molar-refractivity contribution in [3.05, 3.63) is 29.8 Å². The third kappa shape index (κ3) is 9.29. The van der Waals surface area contributed by atoms with Crippen molar-refractivity contribution in [3.63, 3.8) is 0 Å². The van der Waals surface area contributed by atoms with E-state index in [0.29, 0.717) is 29.5 Å². The van der Waals surface area contributed by atoms with Crippen LogP contribution in [0.15, 0.2) is 24.3 Å².